The second kappa shape index (κ2) is 14.7. The van der Waals surface area contributed by atoms with Gasteiger partial charge in [-0.15, -0.1) is 0 Å². The van der Waals surface area contributed by atoms with E-state index in [0.717, 1.165) is 61.3 Å². The number of nitrogens with zero attached hydrogens (tertiary/aromatic N) is 1. The normalized spacial score (nSPS) is 16.8. The summed E-state index contributed by atoms with van der Waals surface area (Å²) in [6.45, 7) is 4.81. The smallest absolute Gasteiger partial charge is 0.136 e. The summed E-state index contributed by atoms with van der Waals surface area (Å²) in [5, 5.41) is 2.25. The zero-order valence-electron chi connectivity index (χ0n) is 36.9. The Hall–Kier alpha value is -8.20. The van der Waals surface area contributed by atoms with E-state index < -0.39 is 0 Å². The van der Waals surface area contributed by atoms with Crippen molar-refractivity contribution in [1.29, 1.82) is 0 Å². The number of anilines is 3. The zero-order chi connectivity index (χ0) is 44.0. The van der Waals surface area contributed by atoms with Crippen LogP contribution < -0.4 is 4.90 Å². The molecule has 2 unspecified atom stereocenters. The lowest BCUT2D eigenvalue weighted by atomic mass is 9.74. The fourth-order valence-corrected chi connectivity index (χ4v) is 11.7. The first-order valence-corrected chi connectivity index (χ1v) is 23.0. The Labute approximate surface area is 385 Å². The minimum Gasteiger partial charge on any atom is -0.456 e. The minimum absolute atomic E-state index is 0.363. The summed E-state index contributed by atoms with van der Waals surface area (Å²) < 4.78 is 6.45. The van der Waals surface area contributed by atoms with Crippen LogP contribution in [0.4, 0.5) is 17.1 Å². The lowest BCUT2D eigenvalue weighted by molar-refractivity contribution is 0.669. The number of hydrogen-bond donors (Lipinski definition) is 0. The van der Waals surface area contributed by atoms with Gasteiger partial charge in [0.1, 0.15) is 11.2 Å². The van der Waals surface area contributed by atoms with Crippen LogP contribution in [0.15, 0.2) is 241 Å². The molecule has 0 bridgehead atoms. The van der Waals surface area contributed by atoms with Gasteiger partial charge in [-0.3, -0.25) is 0 Å². The van der Waals surface area contributed by atoms with Crippen LogP contribution in [0.5, 0.6) is 0 Å². The van der Waals surface area contributed by atoms with Crippen LogP contribution in [0.3, 0.4) is 0 Å². The molecule has 2 nitrogen and oxygen atoms in total. The molecule has 0 amide bonds. The quantitative estimate of drug-likeness (QED) is 0.159. The fraction of sp³-hybridized carbons (Fsp3) is 0.0625. The van der Waals surface area contributed by atoms with Crippen molar-refractivity contribution < 1.29 is 4.42 Å². The summed E-state index contributed by atoms with van der Waals surface area (Å²) in [6.07, 6.45) is 0. The highest BCUT2D eigenvalue weighted by atomic mass is 16.3. The third-order valence-corrected chi connectivity index (χ3v) is 14.9. The van der Waals surface area contributed by atoms with E-state index in [1.165, 1.54) is 55.6 Å². The highest BCUT2D eigenvalue weighted by molar-refractivity contribution is 6.14. The van der Waals surface area contributed by atoms with Crippen LogP contribution in [0, 0.1) is 0 Å². The third-order valence-electron chi connectivity index (χ3n) is 14.9. The summed E-state index contributed by atoms with van der Waals surface area (Å²) in [4.78, 5) is 2.52. The van der Waals surface area contributed by atoms with Crippen molar-refractivity contribution in [3.05, 3.63) is 270 Å². The number of fused-ring (bicyclic) bond motifs is 9. The second-order valence-corrected chi connectivity index (χ2v) is 18.2. The molecule has 1 heterocycles. The van der Waals surface area contributed by atoms with Gasteiger partial charge in [0.2, 0.25) is 0 Å². The van der Waals surface area contributed by atoms with Gasteiger partial charge in [0.05, 0.1) is 5.69 Å². The maximum absolute atomic E-state index is 6.45. The standard InChI is InChI=1S/C64H45NO/c1-63(42-20-5-3-6-21-42)55-31-15-11-26-48(55)50-38-36-44(40-57(50)63)65(45-37-39-51-49-27-12-16-32-56(49)64(2,58(51)41-45)43-22-7-4-8-23-43)59-33-17-13-28-52(59)46-24-9-10-25-47(46)53-30-19-35-61-62(53)54-29-14-18-34-60(54)66-61/h3-41H,1-2H3. The first-order chi connectivity index (χ1) is 32.5. The van der Waals surface area contributed by atoms with Crippen molar-refractivity contribution in [2.24, 2.45) is 0 Å². The van der Waals surface area contributed by atoms with Gasteiger partial charge >= 0.3 is 0 Å². The molecule has 2 aliphatic rings. The van der Waals surface area contributed by atoms with Crippen molar-refractivity contribution in [3.63, 3.8) is 0 Å². The van der Waals surface area contributed by atoms with E-state index in [4.69, 9.17) is 4.42 Å². The van der Waals surface area contributed by atoms with Crippen molar-refractivity contribution in [3.8, 4) is 44.5 Å². The van der Waals surface area contributed by atoms with Crippen LogP contribution in [0.25, 0.3) is 66.4 Å². The largest absolute Gasteiger partial charge is 0.456 e. The molecule has 0 N–H and O–H groups in total. The van der Waals surface area contributed by atoms with E-state index in [1.54, 1.807) is 0 Å². The summed E-state index contributed by atoms with van der Waals surface area (Å²) in [5.41, 5.74) is 21.9. The van der Waals surface area contributed by atoms with Crippen LogP contribution >= 0.6 is 0 Å². The van der Waals surface area contributed by atoms with Crippen molar-refractivity contribution in [1.82, 2.24) is 0 Å². The van der Waals surface area contributed by atoms with E-state index >= 15 is 0 Å². The van der Waals surface area contributed by atoms with Gasteiger partial charge < -0.3 is 9.32 Å². The molecule has 0 radical (unpaired) electrons. The molecule has 0 saturated carbocycles. The summed E-state index contributed by atoms with van der Waals surface area (Å²) in [5.74, 6) is 0. The van der Waals surface area contributed by atoms with Gasteiger partial charge in [0, 0.05) is 38.5 Å². The molecule has 2 heteroatoms. The van der Waals surface area contributed by atoms with Crippen molar-refractivity contribution in [2.75, 3.05) is 4.90 Å². The first-order valence-electron chi connectivity index (χ1n) is 23.0. The monoisotopic (exact) mass is 843 g/mol. The fourth-order valence-electron chi connectivity index (χ4n) is 11.7. The van der Waals surface area contributed by atoms with E-state index in [1.807, 2.05) is 6.07 Å². The Morgan fingerprint density at radius 1 is 0.318 bits per heavy atom. The molecule has 0 saturated heterocycles. The summed E-state index contributed by atoms with van der Waals surface area (Å²) in [6, 6.07) is 87.0. The van der Waals surface area contributed by atoms with Gasteiger partial charge in [0.15, 0.2) is 0 Å². The Morgan fingerprint density at radius 2 is 0.742 bits per heavy atom. The lowest BCUT2D eigenvalue weighted by Crippen LogP contribution is -2.23. The molecule has 1 aromatic heterocycles. The number of rotatable bonds is 7. The molecule has 0 fully saturated rings. The van der Waals surface area contributed by atoms with Gasteiger partial charge in [-0.2, -0.15) is 0 Å². The molecular formula is C64H45NO. The predicted octanol–water partition coefficient (Wildman–Crippen LogP) is 17.1. The summed E-state index contributed by atoms with van der Waals surface area (Å²) in [7, 11) is 0. The Balaban J connectivity index is 1.07. The minimum atomic E-state index is -0.363. The highest BCUT2D eigenvalue weighted by Gasteiger charge is 2.43. The molecule has 2 aliphatic carbocycles. The van der Waals surface area contributed by atoms with Crippen molar-refractivity contribution >= 4 is 39.0 Å². The number of benzene rings is 10. The molecule has 312 valence electrons. The van der Waals surface area contributed by atoms with Gasteiger partial charge in [-0.25, -0.2) is 0 Å². The zero-order valence-corrected chi connectivity index (χ0v) is 36.9. The Kier molecular flexibility index (Phi) is 8.51. The SMILES string of the molecule is CC1(c2ccccc2)c2ccccc2-c2ccc(N(c3ccc4c(c3)C(C)(c3ccccc3)c3ccccc3-4)c3ccccc3-c3ccccc3-c3cccc4oc5ccccc5c34)cc21. The molecule has 13 rings (SSSR count). The van der Waals surface area contributed by atoms with Crippen LogP contribution in [-0.2, 0) is 10.8 Å². The molecule has 66 heavy (non-hydrogen) atoms. The predicted molar refractivity (Wildman–Crippen MR) is 274 cm³/mol. The van der Waals surface area contributed by atoms with Crippen LogP contribution in [-0.4, -0.2) is 0 Å². The number of furan rings is 1. The maximum Gasteiger partial charge on any atom is 0.136 e. The molecule has 11 aromatic rings. The van der Waals surface area contributed by atoms with Crippen LogP contribution in [0.2, 0.25) is 0 Å². The molecule has 10 aromatic carbocycles. The molecular weight excluding hydrogens is 799 g/mol. The molecule has 2 atom stereocenters. The van der Waals surface area contributed by atoms with E-state index in [9.17, 15) is 0 Å². The van der Waals surface area contributed by atoms with E-state index in [-0.39, 0.29) is 10.8 Å². The van der Waals surface area contributed by atoms with Crippen LogP contribution in [0.1, 0.15) is 47.2 Å². The second-order valence-electron chi connectivity index (χ2n) is 18.2. The number of para-hydroxylation sites is 2. The first kappa shape index (κ1) is 38.3. The third kappa shape index (κ3) is 5.48. The lowest BCUT2D eigenvalue weighted by Gasteiger charge is -2.33. The van der Waals surface area contributed by atoms with E-state index in [2.05, 4.69) is 249 Å². The molecule has 0 spiro atoms. The van der Waals surface area contributed by atoms with Crippen molar-refractivity contribution in [2.45, 2.75) is 24.7 Å². The highest BCUT2D eigenvalue weighted by Crippen LogP contribution is 2.57. The van der Waals surface area contributed by atoms with Gasteiger partial charge in [0.25, 0.3) is 0 Å². The van der Waals surface area contributed by atoms with Gasteiger partial charge in [-0.1, -0.05) is 194 Å². The molecule has 0 aliphatic heterocycles. The van der Waals surface area contributed by atoms with E-state index in [0.29, 0.717) is 0 Å². The average molecular weight is 844 g/mol. The number of hydrogen-bond acceptors (Lipinski definition) is 2. The Bertz CT molecular complexity index is 3550. The summed E-state index contributed by atoms with van der Waals surface area (Å²) >= 11 is 0. The van der Waals surface area contributed by atoms with Gasteiger partial charge in [-0.05, 0) is 129 Å². The topological polar surface area (TPSA) is 16.4 Å². The Morgan fingerprint density at radius 3 is 1.33 bits per heavy atom. The average Bonchev–Trinajstić information content (AvgIpc) is 3.99. The maximum atomic E-state index is 6.45.